The monoisotopic (exact) mass is 420 g/mol. The van der Waals surface area contributed by atoms with Gasteiger partial charge in [-0.3, -0.25) is 14.4 Å². The molecule has 4 heterocycles. The van der Waals surface area contributed by atoms with Crippen molar-refractivity contribution in [2.45, 2.75) is 32.2 Å². The van der Waals surface area contributed by atoms with Crippen LogP contribution < -0.4 is 10.6 Å². The van der Waals surface area contributed by atoms with E-state index < -0.39 is 17.4 Å². The quantitative estimate of drug-likeness (QED) is 0.799. The first-order chi connectivity index (χ1) is 13.9. The molecule has 2 aromatic heterocycles. The number of nitrogens with zero attached hydrogens (tertiary/aromatic N) is 5. The second kappa shape index (κ2) is 7.99. The van der Waals surface area contributed by atoms with Gasteiger partial charge in [-0.15, -0.1) is 11.3 Å². The second-order valence-electron chi connectivity index (χ2n) is 7.09. The molecule has 154 valence electrons. The van der Waals surface area contributed by atoms with Crippen molar-refractivity contribution in [3.05, 3.63) is 33.8 Å². The molecular weight excluding hydrogens is 399 g/mol. The van der Waals surface area contributed by atoms with Crippen LogP contribution in [0.25, 0.3) is 0 Å². The van der Waals surface area contributed by atoms with Crippen LogP contribution in [0.2, 0.25) is 0 Å². The zero-order valence-electron chi connectivity index (χ0n) is 15.9. The number of aryl methyl sites for hydroxylation is 1. The van der Waals surface area contributed by atoms with E-state index in [0.717, 1.165) is 23.3 Å². The number of halogens is 1. The number of rotatable bonds is 4. The number of hydrogen-bond acceptors (Lipinski definition) is 8. The van der Waals surface area contributed by atoms with Crippen molar-refractivity contribution in [2.24, 2.45) is 11.7 Å². The number of primary amides is 1. The number of piperidine rings is 1. The largest absolute Gasteiger partial charge is 0.364 e. The van der Waals surface area contributed by atoms with Crippen LogP contribution in [0.4, 0.5) is 10.3 Å². The summed E-state index contributed by atoms with van der Waals surface area (Å²) in [7, 11) is 0. The lowest BCUT2D eigenvalue weighted by Crippen LogP contribution is -2.42. The van der Waals surface area contributed by atoms with Crippen molar-refractivity contribution in [1.82, 2.24) is 20.0 Å². The zero-order valence-corrected chi connectivity index (χ0v) is 16.7. The molecule has 0 unspecified atom stereocenters. The molecule has 2 aliphatic heterocycles. The Morgan fingerprint density at radius 3 is 2.69 bits per heavy atom. The normalized spacial score (nSPS) is 20.3. The summed E-state index contributed by atoms with van der Waals surface area (Å²) in [6.45, 7) is 3.45. The average Bonchev–Trinajstić information content (AvgIpc) is 3.36. The Bertz CT molecular complexity index is 930. The van der Waals surface area contributed by atoms with Gasteiger partial charge >= 0.3 is 0 Å². The van der Waals surface area contributed by atoms with Gasteiger partial charge in [-0.05, 0) is 19.8 Å². The number of anilines is 1. The molecule has 0 radical (unpaired) electrons. The molecule has 9 nitrogen and oxygen atoms in total. The van der Waals surface area contributed by atoms with Gasteiger partial charge in [-0.2, -0.15) is 0 Å². The maximum absolute atomic E-state index is 13.6. The van der Waals surface area contributed by atoms with E-state index in [4.69, 9.17) is 10.6 Å². The van der Waals surface area contributed by atoms with E-state index in [0.29, 0.717) is 32.5 Å². The third-order valence-electron chi connectivity index (χ3n) is 5.19. The van der Waals surface area contributed by atoms with Gasteiger partial charge < -0.3 is 10.6 Å². The van der Waals surface area contributed by atoms with Gasteiger partial charge in [0.15, 0.2) is 11.5 Å². The van der Waals surface area contributed by atoms with Crippen molar-refractivity contribution >= 4 is 29.1 Å². The zero-order chi connectivity index (χ0) is 20.5. The van der Waals surface area contributed by atoms with Gasteiger partial charge in [0.25, 0.3) is 5.91 Å². The third kappa shape index (κ3) is 3.92. The summed E-state index contributed by atoms with van der Waals surface area (Å²) in [6.07, 6.45) is 2.83. The Morgan fingerprint density at radius 2 is 2.03 bits per heavy atom. The third-order valence-corrected chi connectivity index (χ3v) is 5.98. The first kappa shape index (κ1) is 19.6. The number of carbonyl (C=O) groups excluding carboxylic acids is 2. The number of hydroxylamine groups is 2. The number of amides is 2. The topological polar surface area (TPSA) is 115 Å². The molecule has 29 heavy (non-hydrogen) atoms. The predicted molar refractivity (Wildman–Crippen MR) is 102 cm³/mol. The predicted octanol–water partition coefficient (Wildman–Crippen LogP) is 1.60. The van der Waals surface area contributed by atoms with Crippen LogP contribution in [-0.2, 0) is 9.63 Å². The minimum Gasteiger partial charge on any atom is -0.364 e. The molecule has 0 aliphatic carbocycles. The van der Waals surface area contributed by atoms with Crippen molar-refractivity contribution in [1.29, 1.82) is 0 Å². The van der Waals surface area contributed by atoms with Crippen LogP contribution in [0.1, 0.15) is 46.5 Å². The molecule has 0 saturated carbocycles. The van der Waals surface area contributed by atoms with Gasteiger partial charge in [0.05, 0.1) is 23.5 Å². The molecule has 0 bridgehead atoms. The molecule has 2 N–H and O–H groups in total. The Balaban J connectivity index is 1.41. The fourth-order valence-corrected chi connectivity index (χ4v) is 4.34. The summed E-state index contributed by atoms with van der Waals surface area (Å²) in [4.78, 5) is 44.2. The molecule has 2 saturated heterocycles. The minimum atomic E-state index is -0.939. The smallest absolute Gasteiger partial charge is 0.270 e. The number of thiazole rings is 1. The lowest BCUT2D eigenvalue weighted by molar-refractivity contribution is -0.182. The summed E-state index contributed by atoms with van der Waals surface area (Å²) in [5, 5.41) is 4.41. The van der Waals surface area contributed by atoms with E-state index >= 15 is 0 Å². The number of carbonyl (C=O) groups is 2. The fourth-order valence-electron chi connectivity index (χ4n) is 3.68. The molecule has 2 fully saturated rings. The van der Waals surface area contributed by atoms with Crippen LogP contribution in [0.3, 0.4) is 0 Å². The van der Waals surface area contributed by atoms with Crippen molar-refractivity contribution < 1.29 is 18.8 Å². The molecule has 4 rings (SSSR count). The van der Waals surface area contributed by atoms with Crippen molar-refractivity contribution in [2.75, 3.05) is 24.6 Å². The van der Waals surface area contributed by atoms with Gasteiger partial charge in [-0.1, -0.05) is 0 Å². The highest BCUT2D eigenvalue weighted by molar-refractivity contribution is 7.09. The summed E-state index contributed by atoms with van der Waals surface area (Å²) < 4.78 is 13.6. The van der Waals surface area contributed by atoms with E-state index in [1.54, 1.807) is 11.3 Å². The number of nitrogens with two attached hydrogens (primary N) is 1. The van der Waals surface area contributed by atoms with E-state index in [-0.39, 0.29) is 23.8 Å². The molecule has 0 aromatic carbocycles. The van der Waals surface area contributed by atoms with Crippen molar-refractivity contribution in [3.63, 3.8) is 0 Å². The van der Waals surface area contributed by atoms with Crippen LogP contribution in [0.15, 0.2) is 11.6 Å². The molecule has 2 amide bonds. The van der Waals surface area contributed by atoms with Gasteiger partial charge in [-0.25, -0.2) is 24.4 Å². The van der Waals surface area contributed by atoms with Crippen LogP contribution in [0.5, 0.6) is 0 Å². The molecule has 2 aromatic rings. The molecule has 11 heteroatoms. The Kier molecular flexibility index (Phi) is 5.41. The summed E-state index contributed by atoms with van der Waals surface area (Å²) in [6, 6.07) is -0.149. The van der Waals surface area contributed by atoms with Gasteiger partial charge in [0.1, 0.15) is 6.04 Å². The SMILES string of the molecule is Cc1nc([C@@H]2CCON2C(=O)C2CCN(c3ncc(F)c(C(N)=O)n3)CC2)cs1. The Labute approximate surface area is 170 Å². The molecule has 0 spiro atoms. The van der Waals surface area contributed by atoms with E-state index in [1.807, 2.05) is 17.2 Å². The standard InChI is InChI=1S/C18H21FN6O3S/c1-10-22-13(9-29-10)14-4-7-28-25(14)17(27)11-2-5-24(6-3-11)18-21-8-12(19)15(23-18)16(20)26/h8-9,11,14H,2-7H2,1H3,(H2,20,26)/t14-/m0/s1. The summed E-state index contributed by atoms with van der Waals surface area (Å²) in [5.41, 5.74) is 5.59. The highest BCUT2D eigenvalue weighted by Gasteiger charge is 2.38. The average molecular weight is 420 g/mol. The number of aromatic nitrogens is 3. The molecular formula is C18H21FN6O3S. The van der Waals surface area contributed by atoms with E-state index in [9.17, 15) is 14.0 Å². The lowest BCUT2D eigenvalue weighted by Gasteiger charge is -2.33. The van der Waals surface area contributed by atoms with E-state index in [1.165, 1.54) is 5.06 Å². The molecule has 2 aliphatic rings. The highest BCUT2D eigenvalue weighted by Crippen LogP contribution is 2.34. The summed E-state index contributed by atoms with van der Waals surface area (Å²) in [5.74, 6) is -1.79. The second-order valence-corrected chi connectivity index (χ2v) is 8.15. The first-order valence-electron chi connectivity index (χ1n) is 9.39. The maximum Gasteiger partial charge on any atom is 0.270 e. The molecule has 1 atom stereocenters. The van der Waals surface area contributed by atoms with Crippen LogP contribution >= 0.6 is 11.3 Å². The fraction of sp³-hybridized carbons (Fsp3) is 0.500. The lowest BCUT2D eigenvalue weighted by atomic mass is 9.95. The summed E-state index contributed by atoms with van der Waals surface area (Å²) >= 11 is 1.56. The highest BCUT2D eigenvalue weighted by atomic mass is 32.1. The van der Waals surface area contributed by atoms with Gasteiger partial charge in [0.2, 0.25) is 11.9 Å². The Hall–Kier alpha value is -2.66. The van der Waals surface area contributed by atoms with Gasteiger partial charge in [0, 0.05) is 30.8 Å². The van der Waals surface area contributed by atoms with E-state index in [2.05, 4.69) is 15.0 Å². The minimum absolute atomic E-state index is 0.0457. The van der Waals surface area contributed by atoms with Crippen molar-refractivity contribution in [3.8, 4) is 0 Å². The van der Waals surface area contributed by atoms with Crippen LogP contribution in [0, 0.1) is 18.7 Å². The van der Waals surface area contributed by atoms with Crippen LogP contribution in [-0.4, -0.2) is 51.5 Å². The number of hydrogen-bond donors (Lipinski definition) is 1. The first-order valence-corrected chi connectivity index (χ1v) is 10.3. The Morgan fingerprint density at radius 1 is 1.28 bits per heavy atom. The maximum atomic E-state index is 13.6.